The van der Waals surface area contributed by atoms with E-state index in [-0.39, 0.29) is 23.9 Å². The van der Waals surface area contributed by atoms with E-state index in [2.05, 4.69) is 5.32 Å². The monoisotopic (exact) mass is 344 g/mol. The molecule has 1 aliphatic heterocycles. The van der Waals surface area contributed by atoms with Crippen LogP contribution in [0.3, 0.4) is 0 Å². The topological polar surface area (TPSA) is 76.3 Å². The fraction of sp³-hybridized carbons (Fsp3) is 0.500. The number of carbonyl (C=O) groups is 2. The summed E-state index contributed by atoms with van der Waals surface area (Å²) in [5, 5.41) is 2.78. The molecule has 0 saturated carbocycles. The second-order valence-electron chi connectivity index (χ2n) is 6.78. The molecule has 2 heterocycles. The number of imidazole rings is 1. The number of carbonyl (C=O) groups excluding carboxylic acids is 2. The normalized spacial score (nSPS) is 16.9. The van der Waals surface area contributed by atoms with E-state index in [1.54, 1.807) is 27.9 Å². The van der Waals surface area contributed by atoms with Gasteiger partial charge in [0.05, 0.1) is 11.0 Å². The fourth-order valence-corrected chi connectivity index (χ4v) is 3.47. The number of aromatic nitrogens is 2. The van der Waals surface area contributed by atoms with Gasteiger partial charge in [0, 0.05) is 32.6 Å². The summed E-state index contributed by atoms with van der Waals surface area (Å²) < 4.78 is 3.35. The van der Waals surface area contributed by atoms with Gasteiger partial charge < -0.3 is 10.2 Å². The molecule has 25 heavy (non-hydrogen) atoms. The molecule has 3 rings (SSSR count). The third-order valence-electron chi connectivity index (χ3n) is 4.94. The molecule has 134 valence electrons. The van der Waals surface area contributed by atoms with E-state index in [1.165, 1.54) is 0 Å². The molecule has 1 aromatic heterocycles. The first-order valence-electron chi connectivity index (χ1n) is 8.64. The summed E-state index contributed by atoms with van der Waals surface area (Å²) in [6.45, 7) is 7.26. The number of piperazine rings is 1. The van der Waals surface area contributed by atoms with Gasteiger partial charge in [0.15, 0.2) is 0 Å². The summed E-state index contributed by atoms with van der Waals surface area (Å²) in [5.74, 6) is -0.257. The van der Waals surface area contributed by atoms with E-state index in [4.69, 9.17) is 0 Å². The standard InChI is InChI=1S/C18H24N4O3/c1-4-20-13-7-5-6-8-14(13)21(17(20)25)11-9-15(23)22-12-10-19-16(24)18(22,2)3/h5-8H,4,9-12H2,1-3H3,(H,19,24). The van der Waals surface area contributed by atoms with Crippen LogP contribution >= 0.6 is 0 Å². The largest absolute Gasteiger partial charge is 0.352 e. The first kappa shape index (κ1) is 17.3. The van der Waals surface area contributed by atoms with Crippen molar-refractivity contribution in [2.45, 2.75) is 45.8 Å². The molecule has 1 fully saturated rings. The highest BCUT2D eigenvalue weighted by Crippen LogP contribution is 2.19. The van der Waals surface area contributed by atoms with Gasteiger partial charge in [-0.25, -0.2) is 4.79 Å². The third kappa shape index (κ3) is 2.83. The lowest BCUT2D eigenvalue weighted by Crippen LogP contribution is -2.63. The Bertz CT molecular complexity index is 878. The van der Waals surface area contributed by atoms with E-state index in [9.17, 15) is 14.4 Å². The van der Waals surface area contributed by atoms with E-state index < -0.39 is 5.54 Å². The van der Waals surface area contributed by atoms with Crippen molar-refractivity contribution in [1.82, 2.24) is 19.4 Å². The number of fused-ring (bicyclic) bond motifs is 1. The Morgan fingerprint density at radius 2 is 1.80 bits per heavy atom. The van der Waals surface area contributed by atoms with Crippen LogP contribution in [0.2, 0.25) is 0 Å². The highest BCUT2D eigenvalue weighted by Gasteiger charge is 2.40. The first-order chi connectivity index (χ1) is 11.9. The average Bonchev–Trinajstić information content (AvgIpc) is 2.86. The van der Waals surface area contributed by atoms with Gasteiger partial charge in [-0.15, -0.1) is 0 Å². The van der Waals surface area contributed by atoms with Crippen molar-refractivity contribution in [1.29, 1.82) is 0 Å². The molecule has 7 nitrogen and oxygen atoms in total. The van der Waals surface area contributed by atoms with E-state index in [0.29, 0.717) is 26.2 Å². The van der Waals surface area contributed by atoms with Crippen molar-refractivity contribution in [3.8, 4) is 0 Å². The summed E-state index contributed by atoms with van der Waals surface area (Å²) >= 11 is 0. The Kier molecular flexibility index (Phi) is 4.41. The maximum Gasteiger partial charge on any atom is 0.329 e. The number of amides is 2. The predicted octanol–water partition coefficient (Wildman–Crippen LogP) is 0.950. The minimum atomic E-state index is -0.863. The van der Waals surface area contributed by atoms with Gasteiger partial charge in [0.25, 0.3) is 0 Å². The Morgan fingerprint density at radius 3 is 2.44 bits per heavy atom. The summed E-state index contributed by atoms with van der Waals surface area (Å²) in [4.78, 5) is 38.9. The molecule has 1 saturated heterocycles. The van der Waals surface area contributed by atoms with E-state index >= 15 is 0 Å². The molecule has 0 bridgehead atoms. The molecule has 0 spiro atoms. The molecule has 0 aliphatic carbocycles. The first-order valence-corrected chi connectivity index (χ1v) is 8.64. The van der Waals surface area contributed by atoms with Crippen LogP contribution in [0.1, 0.15) is 27.2 Å². The second-order valence-corrected chi connectivity index (χ2v) is 6.78. The van der Waals surface area contributed by atoms with Gasteiger partial charge in [-0.2, -0.15) is 0 Å². The fourth-order valence-electron chi connectivity index (χ4n) is 3.47. The molecular weight excluding hydrogens is 320 g/mol. The SMILES string of the molecule is CCn1c(=O)n(CCC(=O)N2CCNC(=O)C2(C)C)c2ccccc21. The number of benzene rings is 1. The summed E-state index contributed by atoms with van der Waals surface area (Å²) in [5.41, 5.74) is 0.739. The zero-order valence-electron chi connectivity index (χ0n) is 14.9. The summed E-state index contributed by atoms with van der Waals surface area (Å²) in [6.07, 6.45) is 0.189. The third-order valence-corrected chi connectivity index (χ3v) is 4.94. The summed E-state index contributed by atoms with van der Waals surface area (Å²) in [7, 11) is 0. The highest BCUT2D eigenvalue weighted by molar-refractivity contribution is 5.91. The molecule has 1 aliphatic rings. The van der Waals surface area contributed by atoms with Crippen molar-refractivity contribution < 1.29 is 9.59 Å². The Balaban J connectivity index is 1.84. The molecule has 0 unspecified atom stereocenters. The van der Waals surface area contributed by atoms with Gasteiger partial charge >= 0.3 is 5.69 Å². The molecule has 7 heteroatoms. The van der Waals surface area contributed by atoms with Crippen molar-refractivity contribution >= 4 is 22.8 Å². The quantitative estimate of drug-likeness (QED) is 0.897. The van der Waals surface area contributed by atoms with Gasteiger partial charge in [-0.3, -0.25) is 18.7 Å². The van der Waals surface area contributed by atoms with Crippen LogP contribution in [-0.4, -0.2) is 44.5 Å². The van der Waals surface area contributed by atoms with E-state index in [1.807, 2.05) is 31.2 Å². The van der Waals surface area contributed by atoms with Crippen LogP contribution in [0.25, 0.3) is 11.0 Å². The van der Waals surface area contributed by atoms with Gasteiger partial charge in [-0.05, 0) is 32.9 Å². The van der Waals surface area contributed by atoms with Crippen LogP contribution < -0.4 is 11.0 Å². The average molecular weight is 344 g/mol. The number of aryl methyl sites for hydroxylation is 2. The predicted molar refractivity (Wildman–Crippen MR) is 95.3 cm³/mol. The molecule has 2 aromatic rings. The molecule has 0 atom stereocenters. The smallest absolute Gasteiger partial charge is 0.329 e. The number of rotatable bonds is 4. The lowest BCUT2D eigenvalue weighted by atomic mass is 9.98. The van der Waals surface area contributed by atoms with Gasteiger partial charge in [0.1, 0.15) is 5.54 Å². The Hall–Kier alpha value is -2.57. The van der Waals surface area contributed by atoms with E-state index in [0.717, 1.165) is 11.0 Å². The molecule has 1 N–H and O–H groups in total. The van der Waals surface area contributed by atoms with Crippen LogP contribution in [-0.2, 0) is 22.7 Å². The zero-order chi connectivity index (χ0) is 18.2. The maximum absolute atomic E-state index is 12.7. The van der Waals surface area contributed by atoms with Crippen LogP contribution in [0.15, 0.2) is 29.1 Å². The van der Waals surface area contributed by atoms with Crippen LogP contribution in [0, 0.1) is 0 Å². The number of para-hydroxylation sites is 2. The Morgan fingerprint density at radius 1 is 1.16 bits per heavy atom. The number of nitrogens with one attached hydrogen (secondary N) is 1. The summed E-state index contributed by atoms with van der Waals surface area (Å²) in [6, 6.07) is 7.60. The Labute approximate surface area is 146 Å². The van der Waals surface area contributed by atoms with Gasteiger partial charge in [0.2, 0.25) is 11.8 Å². The van der Waals surface area contributed by atoms with Gasteiger partial charge in [-0.1, -0.05) is 12.1 Å². The zero-order valence-corrected chi connectivity index (χ0v) is 14.9. The maximum atomic E-state index is 12.7. The van der Waals surface area contributed by atoms with Crippen molar-refractivity contribution in [3.63, 3.8) is 0 Å². The van der Waals surface area contributed by atoms with Crippen LogP contribution in [0.5, 0.6) is 0 Å². The lowest BCUT2D eigenvalue weighted by Gasteiger charge is -2.41. The highest BCUT2D eigenvalue weighted by atomic mass is 16.2. The molecule has 1 aromatic carbocycles. The minimum absolute atomic E-state index is 0.104. The van der Waals surface area contributed by atoms with Crippen molar-refractivity contribution in [3.05, 3.63) is 34.7 Å². The second kappa shape index (κ2) is 6.38. The molecular formula is C18H24N4O3. The number of nitrogens with zero attached hydrogens (tertiary/aromatic N) is 3. The molecule has 2 amide bonds. The minimum Gasteiger partial charge on any atom is -0.352 e. The number of hydrogen-bond donors (Lipinski definition) is 1. The van der Waals surface area contributed by atoms with Crippen LogP contribution in [0.4, 0.5) is 0 Å². The molecule has 0 radical (unpaired) electrons. The van der Waals surface area contributed by atoms with Crippen molar-refractivity contribution in [2.75, 3.05) is 13.1 Å². The van der Waals surface area contributed by atoms with Crippen molar-refractivity contribution in [2.24, 2.45) is 0 Å². The lowest BCUT2D eigenvalue weighted by molar-refractivity contribution is -0.149. The number of hydrogen-bond acceptors (Lipinski definition) is 3.